The number of hydrogen-bond donors (Lipinski definition) is 2. The molecule has 1 heterocycles. The number of nitrogens with zero attached hydrogens (tertiary/aromatic N) is 2. The van der Waals surface area contributed by atoms with Gasteiger partial charge < -0.3 is 20.5 Å². The van der Waals surface area contributed by atoms with Gasteiger partial charge in [-0.3, -0.25) is 0 Å². The second kappa shape index (κ2) is 6.10. The molecule has 0 aliphatic carbocycles. The van der Waals surface area contributed by atoms with Gasteiger partial charge in [-0.1, -0.05) is 0 Å². The van der Waals surface area contributed by atoms with Crippen molar-refractivity contribution in [1.82, 2.24) is 4.98 Å². The Morgan fingerprint density at radius 1 is 1.42 bits per heavy atom. The molecule has 0 aliphatic heterocycles. The summed E-state index contributed by atoms with van der Waals surface area (Å²) in [6.07, 6.45) is 0.0226. The molecule has 5 nitrogen and oxygen atoms in total. The zero-order valence-electron chi connectivity index (χ0n) is 12.5. The van der Waals surface area contributed by atoms with Gasteiger partial charge in [0, 0.05) is 13.1 Å². The van der Waals surface area contributed by atoms with E-state index < -0.39 is 5.60 Å². The molecular formula is C14H25N3O2. The average molecular weight is 267 g/mol. The van der Waals surface area contributed by atoms with Gasteiger partial charge in [0.1, 0.15) is 5.82 Å². The molecule has 0 radical (unpaired) electrons. The summed E-state index contributed by atoms with van der Waals surface area (Å²) in [4.78, 5) is 6.43. The largest absolute Gasteiger partial charge is 0.473 e. The smallest absolute Gasteiger partial charge is 0.239 e. The van der Waals surface area contributed by atoms with Crippen molar-refractivity contribution in [2.24, 2.45) is 0 Å². The third kappa shape index (κ3) is 4.95. The highest BCUT2D eigenvalue weighted by molar-refractivity contribution is 5.54. The van der Waals surface area contributed by atoms with E-state index in [0.29, 0.717) is 18.1 Å². The van der Waals surface area contributed by atoms with Gasteiger partial charge in [-0.15, -0.1) is 0 Å². The van der Waals surface area contributed by atoms with Gasteiger partial charge in [0.15, 0.2) is 0 Å². The number of ether oxygens (including phenoxy) is 1. The van der Waals surface area contributed by atoms with Gasteiger partial charge in [-0.25, -0.2) is 0 Å². The van der Waals surface area contributed by atoms with Gasteiger partial charge in [-0.2, -0.15) is 4.98 Å². The van der Waals surface area contributed by atoms with Crippen LogP contribution in [0, 0.1) is 0 Å². The van der Waals surface area contributed by atoms with Crippen LogP contribution in [0.15, 0.2) is 12.1 Å². The Labute approximate surface area is 115 Å². The lowest BCUT2D eigenvalue weighted by Crippen LogP contribution is -2.39. The molecule has 0 fully saturated rings. The third-order valence-electron chi connectivity index (χ3n) is 2.51. The fraction of sp³-hybridized carbons (Fsp3) is 0.643. The maximum Gasteiger partial charge on any atom is 0.239 e. The maximum atomic E-state index is 9.92. The fourth-order valence-electron chi connectivity index (χ4n) is 1.76. The predicted molar refractivity (Wildman–Crippen MR) is 78.6 cm³/mol. The number of hydrogen-bond acceptors (Lipinski definition) is 5. The van der Waals surface area contributed by atoms with E-state index in [1.54, 1.807) is 19.9 Å². The van der Waals surface area contributed by atoms with Crippen molar-refractivity contribution in [3.63, 3.8) is 0 Å². The lowest BCUT2D eigenvalue weighted by molar-refractivity contribution is 0.0873. The van der Waals surface area contributed by atoms with Crippen molar-refractivity contribution in [1.29, 1.82) is 0 Å². The Hall–Kier alpha value is -1.49. The summed E-state index contributed by atoms with van der Waals surface area (Å²) in [6.45, 7) is 10.7. The number of rotatable bonds is 6. The zero-order valence-corrected chi connectivity index (χ0v) is 12.5. The van der Waals surface area contributed by atoms with Crippen LogP contribution in [0.4, 0.5) is 11.5 Å². The second-order valence-electron chi connectivity index (χ2n) is 5.56. The first kappa shape index (κ1) is 15.6. The predicted octanol–water partition coefficient (Wildman–Crippen LogP) is 2.05. The Morgan fingerprint density at radius 2 is 2.05 bits per heavy atom. The lowest BCUT2D eigenvalue weighted by atomic mass is 10.1. The van der Waals surface area contributed by atoms with Gasteiger partial charge >= 0.3 is 0 Å². The molecular weight excluding hydrogens is 242 g/mol. The molecule has 0 bridgehead atoms. The van der Waals surface area contributed by atoms with E-state index in [1.165, 1.54) is 0 Å². The number of pyridine rings is 1. The van der Waals surface area contributed by atoms with E-state index in [1.807, 2.05) is 31.7 Å². The monoisotopic (exact) mass is 267 g/mol. The molecule has 5 heteroatoms. The van der Waals surface area contributed by atoms with Crippen molar-refractivity contribution < 1.29 is 9.84 Å². The van der Waals surface area contributed by atoms with E-state index in [4.69, 9.17) is 10.5 Å². The molecule has 0 atom stereocenters. The highest BCUT2D eigenvalue weighted by Crippen LogP contribution is 2.24. The molecule has 19 heavy (non-hydrogen) atoms. The first-order valence-electron chi connectivity index (χ1n) is 6.63. The van der Waals surface area contributed by atoms with Crippen molar-refractivity contribution in [3.05, 3.63) is 12.1 Å². The molecule has 1 aromatic heterocycles. The quantitative estimate of drug-likeness (QED) is 0.825. The van der Waals surface area contributed by atoms with Crippen molar-refractivity contribution in [2.75, 3.05) is 23.7 Å². The van der Waals surface area contributed by atoms with Gasteiger partial charge in [0.05, 0.1) is 17.4 Å². The first-order valence-corrected chi connectivity index (χ1v) is 6.63. The van der Waals surface area contributed by atoms with E-state index in [2.05, 4.69) is 4.98 Å². The summed E-state index contributed by atoms with van der Waals surface area (Å²) in [5, 5.41) is 9.92. The molecule has 1 rings (SSSR count). The third-order valence-corrected chi connectivity index (χ3v) is 2.51. The van der Waals surface area contributed by atoms with Gasteiger partial charge in [0.2, 0.25) is 5.88 Å². The maximum absolute atomic E-state index is 9.92. The Bertz CT molecular complexity index is 414. The van der Waals surface area contributed by atoms with Crippen LogP contribution in [0.1, 0.15) is 34.6 Å². The minimum atomic E-state index is -0.780. The summed E-state index contributed by atoms with van der Waals surface area (Å²) in [5.74, 6) is 1.20. The lowest BCUT2D eigenvalue weighted by Gasteiger charge is -2.29. The highest BCUT2D eigenvalue weighted by Gasteiger charge is 2.19. The summed E-state index contributed by atoms with van der Waals surface area (Å²) >= 11 is 0. The molecule has 0 saturated carbocycles. The topological polar surface area (TPSA) is 71.6 Å². The standard InChI is InChI=1S/C14H25N3O2/c1-6-17(9-14(4,5)18)12-8-7-11(15)13(16-12)19-10(2)3/h7-8,10,18H,6,9,15H2,1-5H3. The average Bonchev–Trinajstić information content (AvgIpc) is 2.27. The van der Waals surface area contributed by atoms with Gasteiger partial charge in [-0.05, 0) is 46.8 Å². The normalized spacial score (nSPS) is 11.7. The Morgan fingerprint density at radius 3 is 2.53 bits per heavy atom. The van der Waals surface area contributed by atoms with E-state index in [0.717, 1.165) is 12.4 Å². The van der Waals surface area contributed by atoms with Crippen LogP contribution in [-0.2, 0) is 0 Å². The van der Waals surface area contributed by atoms with Crippen LogP contribution in [0.25, 0.3) is 0 Å². The van der Waals surface area contributed by atoms with E-state index in [9.17, 15) is 5.11 Å². The van der Waals surface area contributed by atoms with Gasteiger partial charge in [0.25, 0.3) is 0 Å². The Balaban J connectivity index is 2.98. The molecule has 0 aliphatic rings. The van der Waals surface area contributed by atoms with Crippen molar-refractivity contribution in [3.8, 4) is 5.88 Å². The zero-order chi connectivity index (χ0) is 14.6. The van der Waals surface area contributed by atoms with Crippen molar-refractivity contribution in [2.45, 2.75) is 46.3 Å². The molecule has 108 valence electrons. The highest BCUT2D eigenvalue weighted by atomic mass is 16.5. The molecule has 0 aromatic carbocycles. The minimum absolute atomic E-state index is 0.0226. The summed E-state index contributed by atoms with van der Waals surface area (Å²) in [6, 6.07) is 3.63. The molecule has 3 N–H and O–H groups in total. The summed E-state index contributed by atoms with van der Waals surface area (Å²) < 4.78 is 5.59. The number of aliphatic hydroxyl groups is 1. The molecule has 0 unspecified atom stereocenters. The molecule has 1 aromatic rings. The van der Waals surface area contributed by atoms with Crippen molar-refractivity contribution >= 4 is 11.5 Å². The Kier molecular flexibility index (Phi) is 5.00. The number of anilines is 2. The SMILES string of the molecule is CCN(CC(C)(C)O)c1ccc(N)c(OC(C)C)n1. The van der Waals surface area contributed by atoms with Crippen LogP contribution in [0.5, 0.6) is 5.88 Å². The van der Waals surface area contributed by atoms with Crippen LogP contribution in [0.2, 0.25) is 0 Å². The minimum Gasteiger partial charge on any atom is -0.473 e. The first-order chi connectivity index (χ1) is 8.73. The number of nitrogen functional groups attached to an aromatic ring is 1. The van der Waals surface area contributed by atoms with Crippen LogP contribution in [0.3, 0.4) is 0 Å². The van der Waals surface area contributed by atoms with Crippen LogP contribution >= 0.6 is 0 Å². The molecule has 0 amide bonds. The number of likely N-dealkylation sites (N-methyl/N-ethyl adjacent to an activating group) is 1. The summed E-state index contributed by atoms with van der Waals surface area (Å²) in [5.41, 5.74) is 5.60. The van der Waals surface area contributed by atoms with Crippen LogP contribution in [-0.4, -0.2) is 34.9 Å². The fourth-order valence-corrected chi connectivity index (χ4v) is 1.76. The number of nitrogens with two attached hydrogens (primary N) is 1. The van der Waals surface area contributed by atoms with Crippen LogP contribution < -0.4 is 15.4 Å². The molecule has 0 saturated heterocycles. The molecule has 0 spiro atoms. The summed E-state index contributed by atoms with van der Waals surface area (Å²) in [7, 11) is 0. The van der Waals surface area contributed by atoms with E-state index in [-0.39, 0.29) is 6.10 Å². The number of aromatic nitrogens is 1. The second-order valence-corrected chi connectivity index (χ2v) is 5.56. The van der Waals surface area contributed by atoms with E-state index >= 15 is 0 Å².